The van der Waals surface area contributed by atoms with Crippen LogP contribution in [0.3, 0.4) is 0 Å². The second kappa shape index (κ2) is 11.8. The molecule has 1 amide bonds. The average molecular weight is 564 g/mol. The number of fused-ring (bicyclic) bond motifs is 1. The minimum absolute atomic E-state index is 0.00981. The molecule has 0 atom stereocenters. The number of amides is 1. The van der Waals surface area contributed by atoms with Gasteiger partial charge in [0.25, 0.3) is 21.6 Å². The number of hydrogen-bond acceptors (Lipinski definition) is 8. The first-order valence-electron chi connectivity index (χ1n) is 13.0. The van der Waals surface area contributed by atoms with Crippen molar-refractivity contribution < 1.29 is 22.9 Å². The monoisotopic (exact) mass is 563 g/mol. The molecule has 40 heavy (non-hydrogen) atoms. The van der Waals surface area contributed by atoms with E-state index in [0.717, 1.165) is 43.0 Å². The fraction of sp³-hybridized carbons (Fsp3) is 0.250. The summed E-state index contributed by atoms with van der Waals surface area (Å²) in [4.78, 5) is 29.2. The number of likely N-dealkylation sites (tertiary alicyclic amines) is 1. The van der Waals surface area contributed by atoms with E-state index in [1.165, 1.54) is 31.0 Å². The largest absolute Gasteiger partial charge is 0.456 e. The first-order chi connectivity index (χ1) is 19.3. The number of benzene rings is 3. The van der Waals surface area contributed by atoms with Crippen LogP contribution in [0.25, 0.3) is 10.9 Å². The van der Waals surface area contributed by atoms with Gasteiger partial charge in [-0.3, -0.25) is 14.9 Å². The molecule has 0 unspecified atom stereocenters. The van der Waals surface area contributed by atoms with E-state index in [1.807, 2.05) is 16.9 Å². The first kappa shape index (κ1) is 27.2. The summed E-state index contributed by atoms with van der Waals surface area (Å²) >= 11 is 0. The molecule has 1 fully saturated rings. The van der Waals surface area contributed by atoms with Crippen LogP contribution in [-0.4, -0.2) is 55.3 Å². The highest BCUT2D eigenvalue weighted by atomic mass is 32.2. The van der Waals surface area contributed by atoms with E-state index in [-0.39, 0.29) is 22.7 Å². The number of nitro benzene ring substituents is 1. The van der Waals surface area contributed by atoms with Gasteiger partial charge < -0.3 is 19.9 Å². The Morgan fingerprint density at radius 3 is 2.60 bits per heavy atom. The van der Waals surface area contributed by atoms with Gasteiger partial charge in [-0.2, -0.15) is 0 Å². The van der Waals surface area contributed by atoms with Gasteiger partial charge in [0.2, 0.25) is 0 Å². The van der Waals surface area contributed by atoms with E-state index in [1.54, 1.807) is 36.5 Å². The van der Waals surface area contributed by atoms with Crippen molar-refractivity contribution >= 4 is 38.2 Å². The van der Waals surface area contributed by atoms with Crippen LogP contribution in [-0.2, 0) is 10.0 Å². The van der Waals surface area contributed by atoms with Crippen molar-refractivity contribution in [2.24, 2.45) is 0 Å². The predicted octanol–water partition coefficient (Wildman–Crippen LogP) is 4.88. The predicted molar refractivity (Wildman–Crippen MR) is 151 cm³/mol. The number of rotatable bonds is 11. The Bertz CT molecular complexity index is 1650. The van der Waals surface area contributed by atoms with Gasteiger partial charge in [0, 0.05) is 29.7 Å². The maximum absolute atomic E-state index is 13.1. The number of carbonyl (C=O) groups is 1. The van der Waals surface area contributed by atoms with Crippen molar-refractivity contribution in [2.75, 3.05) is 31.5 Å². The lowest BCUT2D eigenvalue weighted by molar-refractivity contribution is -0.384. The highest BCUT2D eigenvalue weighted by Crippen LogP contribution is 2.32. The summed E-state index contributed by atoms with van der Waals surface area (Å²) < 4.78 is 34.2. The van der Waals surface area contributed by atoms with E-state index < -0.39 is 25.7 Å². The number of aromatic amines is 1. The summed E-state index contributed by atoms with van der Waals surface area (Å²) in [6, 6.07) is 17.0. The zero-order valence-corrected chi connectivity index (χ0v) is 22.4. The molecule has 1 aliphatic heterocycles. The zero-order valence-electron chi connectivity index (χ0n) is 21.6. The number of carbonyl (C=O) groups excluding carboxylic acids is 1. The molecular formula is C28H29N5O6S. The Labute approximate surface area is 231 Å². The Balaban J connectivity index is 1.30. The third kappa shape index (κ3) is 6.08. The van der Waals surface area contributed by atoms with Crippen LogP contribution in [0.15, 0.2) is 77.8 Å². The molecule has 1 aromatic heterocycles. The highest BCUT2D eigenvalue weighted by molar-refractivity contribution is 7.90. The Kier molecular flexibility index (Phi) is 7.99. The van der Waals surface area contributed by atoms with E-state index in [4.69, 9.17) is 4.74 Å². The van der Waals surface area contributed by atoms with Crippen LogP contribution in [0, 0.1) is 10.1 Å². The smallest absolute Gasteiger partial charge is 0.293 e. The molecule has 208 valence electrons. The molecule has 2 heterocycles. The molecule has 12 heteroatoms. The zero-order chi connectivity index (χ0) is 28.1. The number of sulfonamides is 1. The van der Waals surface area contributed by atoms with Crippen LogP contribution >= 0.6 is 0 Å². The Morgan fingerprint density at radius 1 is 1.02 bits per heavy atom. The molecular weight excluding hydrogens is 534 g/mol. The average Bonchev–Trinajstić information content (AvgIpc) is 3.64. The van der Waals surface area contributed by atoms with Gasteiger partial charge in [-0.1, -0.05) is 18.2 Å². The first-order valence-corrected chi connectivity index (χ1v) is 14.4. The van der Waals surface area contributed by atoms with Gasteiger partial charge in [-0.25, -0.2) is 13.1 Å². The topological polar surface area (TPSA) is 147 Å². The number of H-pyrrole nitrogens is 1. The molecule has 3 aromatic carbocycles. The third-order valence-corrected chi connectivity index (χ3v) is 8.10. The van der Waals surface area contributed by atoms with Crippen molar-refractivity contribution in [2.45, 2.75) is 24.2 Å². The number of nitro groups is 1. The highest BCUT2D eigenvalue weighted by Gasteiger charge is 2.25. The molecule has 1 aliphatic rings. The summed E-state index contributed by atoms with van der Waals surface area (Å²) in [6.07, 6.45) is 4.94. The normalized spacial score (nSPS) is 13.8. The lowest BCUT2D eigenvalue weighted by Gasteiger charge is -2.15. The van der Waals surface area contributed by atoms with Crippen LogP contribution in [0.4, 0.5) is 11.4 Å². The van der Waals surface area contributed by atoms with Gasteiger partial charge in [0.15, 0.2) is 0 Å². The molecule has 0 spiro atoms. The minimum Gasteiger partial charge on any atom is -0.456 e. The van der Waals surface area contributed by atoms with E-state index in [9.17, 15) is 23.3 Å². The fourth-order valence-electron chi connectivity index (χ4n) is 4.75. The van der Waals surface area contributed by atoms with Gasteiger partial charge in [-0.05, 0) is 81.4 Å². The second-order valence-electron chi connectivity index (χ2n) is 9.49. The van der Waals surface area contributed by atoms with Crippen LogP contribution < -0.4 is 14.8 Å². The summed E-state index contributed by atoms with van der Waals surface area (Å²) in [7, 11) is -4.43. The van der Waals surface area contributed by atoms with E-state index in [0.29, 0.717) is 12.3 Å². The molecule has 5 rings (SSSR count). The van der Waals surface area contributed by atoms with Crippen molar-refractivity contribution in [1.82, 2.24) is 14.6 Å². The second-order valence-corrected chi connectivity index (χ2v) is 11.2. The third-order valence-electron chi connectivity index (χ3n) is 6.78. The summed E-state index contributed by atoms with van der Waals surface area (Å²) in [5, 5.41) is 15.6. The molecule has 3 N–H and O–H groups in total. The van der Waals surface area contributed by atoms with Crippen LogP contribution in [0.2, 0.25) is 0 Å². The van der Waals surface area contributed by atoms with Crippen LogP contribution in [0.5, 0.6) is 11.5 Å². The molecule has 0 aliphatic carbocycles. The lowest BCUT2D eigenvalue weighted by atomic mass is 10.2. The number of aromatic nitrogens is 1. The molecule has 4 aromatic rings. The van der Waals surface area contributed by atoms with Gasteiger partial charge in [0.05, 0.1) is 15.4 Å². The molecule has 0 radical (unpaired) electrons. The van der Waals surface area contributed by atoms with Crippen LogP contribution in [0.1, 0.15) is 29.6 Å². The number of nitrogens with one attached hydrogen (secondary N) is 3. The summed E-state index contributed by atoms with van der Waals surface area (Å²) in [5.74, 6) is -0.284. The maximum Gasteiger partial charge on any atom is 0.293 e. The van der Waals surface area contributed by atoms with E-state index >= 15 is 0 Å². The fourth-order valence-corrected chi connectivity index (χ4v) is 5.74. The minimum atomic E-state index is -4.43. The van der Waals surface area contributed by atoms with Crippen molar-refractivity contribution in [3.05, 3.63) is 88.6 Å². The quantitative estimate of drug-likeness (QED) is 0.133. The maximum atomic E-state index is 13.1. The Morgan fingerprint density at radius 2 is 1.80 bits per heavy atom. The number of para-hydroxylation sites is 1. The SMILES string of the molecule is O=C(NS(=O)(=O)c1ccc(NCCCN2CCCC2)c([N+](=O)[O-])c1)c1ccccc1Oc1cccc2[nH]ccc12. The van der Waals surface area contributed by atoms with Gasteiger partial charge >= 0.3 is 0 Å². The molecule has 1 saturated heterocycles. The number of nitrogens with zero attached hydrogens (tertiary/aromatic N) is 2. The van der Waals surface area contributed by atoms with Gasteiger partial charge in [0.1, 0.15) is 17.2 Å². The number of ether oxygens (including phenoxy) is 1. The standard InChI is InChI=1S/C28H29N5O6S/c34-28(22-7-1-2-9-27(22)39-26-10-5-8-23-21(26)13-15-30-23)31-40(37,38)20-11-12-24(25(19-20)33(35)36)29-14-6-18-32-16-3-4-17-32/h1-2,5,7-13,15,19,29-30H,3-4,6,14,16-18H2,(H,31,34). The number of anilines is 1. The molecule has 11 nitrogen and oxygen atoms in total. The lowest BCUT2D eigenvalue weighted by Crippen LogP contribution is -2.31. The van der Waals surface area contributed by atoms with Crippen molar-refractivity contribution in [3.63, 3.8) is 0 Å². The summed E-state index contributed by atoms with van der Waals surface area (Å²) in [5.41, 5.74) is 0.659. The molecule has 0 bridgehead atoms. The van der Waals surface area contributed by atoms with Crippen molar-refractivity contribution in [3.8, 4) is 11.5 Å². The summed E-state index contributed by atoms with van der Waals surface area (Å²) in [6.45, 7) is 3.54. The van der Waals surface area contributed by atoms with Gasteiger partial charge in [-0.15, -0.1) is 0 Å². The Hall–Kier alpha value is -4.42. The van der Waals surface area contributed by atoms with Crippen molar-refractivity contribution in [1.29, 1.82) is 0 Å². The number of hydrogen-bond donors (Lipinski definition) is 3. The van der Waals surface area contributed by atoms with E-state index in [2.05, 4.69) is 15.2 Å². The molecule has 0 saturated carbocycles.